The Hall–Kier alpha value is -3.07. The van der Waals surface area contributed by atoms with Crippen molar-refractivity contribution in [2.45, 2.75) is 6.92 Å². The lowest BCUT2D eigenvalue weighted by molar-refractivity contribution is 0.101. The highest BCUT2D eigenvalue weighted by Gasteiger charge is 2.20. The fourth-order valence-electron chi connectivity index (χ4n) is 3.44. The Bertz CT molecular complexity index is 1190. The molecule has 0 fully saturated rings. The number of pyridine rings is 1. The molecule has 5 rings (SSSR count). The molecule has 0 spiro atoms. The van der Waals surface area contributed by atoms with E-state index in [0.717, 1.165) is 44.0 Å². The van der Waals surface area contributed by atoms with Crippen molar-refractivity contribution in [2.24, 2.45) is 4.99 Å². The maximum absolute atomic E-state index is 12.0. The van der Waals surface area contributed by atoms with E-state index in [4.69, 9.17) is 9.98 Å². The fourth-order valence-corrected chi connectivity index (χ4v) is 3.44. The normalized spacial score (nSPS) is 12.2. The van der Waals surface area contributed by atoms with E-state index in [1.54, 1.807) is 6.92 Å². The number of benzene rings is 3. The maximum atomic E-state index is 12.0. The van der Waals surface area contributed by atoms with Crippen LogP contribution < -0.4 is 5.36 Å². The molecule has 1 aromatic heterocycles. The van der Waals surface area contributed by atoms with Gasteiger partial charge in [-0.25, -0.2) is 9.98 Å². The Labute approximate surface area is 132 Å². The van der Waals surface area contributed by atoms with Crippen LogP contribution in [0.4, 0.5) is 5.69 Å². The number of hydrogen-bond acceptors (Lipinski definition) is 3. The molecule has 108 valence electrons. The molecule has 0 amide bonds. The van der Waals surface area contributed by atoms with Crippen LogP contribution in [0.15, 0.2) is 59.6 Å². The van der Waals surface area contributed by atoms with Crippen LogP contribution in [0.25, 0.3) is 32.9 Å². The largest absolute Gasteiger partial charge is 0.294 e. The van der Waals surface area contributed by atoms with Gasteiger partial charge in [-0.2, -0.15) is 0 Å². The van der Waals surface area contributed by atoms with E-state index in [0.29, 0.717) is 5.56 Å². The second-order valence-corrected chi connectivity index (χ2v) is 5.86. The molecule has 1 aliphatic heterocycles. The third-order valence-electron chi connectivity index (χ3n) is 4.49. The highest BCUT2D eigenvalue weighted by Crippen LogP contribution is 2.35. The van der Waals surface area contributed by atoms with Crippen LogP contribution in [0, 0.1) is 0 Å². The van der Waals surface area contributed by atoms with Gasteiger partial charge in [0.05, 0.1) is 22.3 Å². The topological polar surface area (TPSA) is 42.3 Å². The third-order valence-corrected chi connectivity index (χ3v) is 4.49. The van der Waals surface area contributed by atoms with E-state index in [2.05, 4.69) is 12.1 Å². The number of carbonyl (C=O) groups is 1. The number of carbonyl (C=O) groups excluding carboxylic acids is 1. The minimum atomic E-state index is 0.0349. The summed E-state index contributed by atoms with van der Waals surface area (Å²) in [6.07, 6.45) is 0. The average molecular weight is 296 g/mol. The molecule has 3 heteroatoms. The van der Waals surface area contributed by atoms with Gasteiger partial charge in [0.15, 0.2) is 5.78 Å². The summed E-state index contributed by atoms with van der Waals surface area (Å²) < 4.78 is 0. The van der Waals surface area contributed by atoms with Crippen molar-refractivity contribution in [1.82, 2.24) is 4.98 Å². The molecule has 4 aromatic rings. The van der Waals surface area contributed by atoms with Gasteiger partial charge in [0, 0.05) is 21.9 Å². The minimum Gasteiger partial charge on any atom is -0.294 e. The zero-order valence-electron chi connectivity index (χ0n) is 12.5. The Balaban J connectivity index is 2.07. The standard InChI is InChI=1S/C20H12N2O/c1-11(23)13-10-9-12-5-4-7-15-17(12)18(13)22-19-14-6-2-3-8-16(14)21-20(15)19/h2-10H,1H3. The van der Waals surface area contributed by atoms with Crippen LogP contribution >= 0.6 is 0 Å². The number of para-hydroxylation sites is 1. The summed E-state index contributed by atoms with van der Waals surface area (Å²) in [6.45, 7) is 1.59. The van der Waals surface area contributed by atoms with E-state index in [1.807, 2.05) is 42.5 Å². The van der Waals surface area contributed by atoms with Crippen molar-refractivity contribution in [2.75, 3.05) is 0 Å². The van der Waals surface area contributed by atoms with Gasteiger partial charge in [-0.15, -0.1) is 0 Å². The zero-order valence-corrected chi connectivity index (χ0v) is 12.5. The quantitative estimate of drug-likeness (QED) is 0.434. The maximum Gasteiger partial charge on any atom is 0.161 e. The van der Waals surface area contributed by atoms with Crippen molar-refractivity contribution in [1.29, 1.82) is 0 Å². The third kappa shape index (κ3) is 1.56. The number of hydrogen-bond donors (Lipinski definition) is 0. The molecule has 0 unspecified atom stereocenters. The Morgan fingerprint density at radius 1 is 0.957 bits per heavy atom. The molecule has 1 aliphatic rings. The van der Waals surface area contributed by atoms with E-state index < -0.39 is 0 Å². The monoisotopic (exact) mass is 296 g/mol. The zero-order chi connectivity index (χ0) is 15.6. The number of rotatable bonds is 1. The number of ketones is 1. The summed E-state index contributed by atoms with van der Waals surface area (Å²) in [6, 6.07) is 18.0. The molecule has 0 aliphatic carbocycles. The molecule has 0 saturated carbocycles. The minimum absolute atomic E-state index is 0.0349. The predicted octanol–water partition coefficient (Wildman–Crippen LogP) is 4.24. The smallest absolute Gasteiger partial charge is 0.161 e. The van der Waals surface area contributed by atoms with Gasteiger partial charge in [0.2, 0.25) is 0 Å². The van der Waals surface area contributed by atoms with Gasteiger partial charge in [0.1, 0.15) is 0 Å². The lowest BCUT2D eigenvalue weighted by atomic mass is 9.97. The van der Waals surface area contributed by atoms with Crippen LogP contribution in [-0.4, -0.2) is 10.8 Å². The van der Waals surface area contributed by atoms with E-state index >= 15 is 0 Å². The molecule has 0 bridgehead atoms. The van der Waals surface area contributed by atoms with Gasteiger partial charge < -0.3 is 0 Å². The summed E-state index contributed by atoms with van der Waals surface area (Å²) in [7, 11) is 0. The predicted molar refractivity (Wildman–Crippen MR) is 91.1 cm³/mol. The first-order chi connectivity index (χ1) is 11.2. The Morgan fingerprint density at radius 2 is 1.83 bits per heavy atom. The highest BCUT2D eigenvalue weighted by atomic mass is 16.1. The first-order valence-corrected chi connectivity index (χ1v) is 7.58. The average Bonchev–Trinajstić information content (AvgIpc) is 2.94. The number of fused-ring (bicyclic) bond motifs is 4. The lowest BCUT2D eigenvalue weighted by Crippen LogP contribution is -2.08. The van der Waals surface area contributed by atoms with Crippen molar-refractivity contribution in [3.05, 3.63) is 65.5 Å². The van der Waals surface area contributed by atoms with Crippen molar-refractivity contribution < 1.29 is 4.79 Å². The molecule has 0 N–H and O–H groups in total. The molecular formula is C20H12N2O. The van der Waals surface area contributed by atoms with Gasteiger partial charge in [-0.05, 0) is 24.4 Å². The SMILES string of the molecule is CC(=O)c1ccc2cccc3c4c(nc1c23)-c1ccccc1N=4. The van der Waals surface area contributed by atoms with Gasteiger partial charge in [0.25, 0.3) is 0 Å². The van der Waals surface area contributed by atoms with Gasteiger partial charge >= 0.3 is 0 Å². The molecule has 3 nitrogen and oxygen atoms in total. The van der Waals surface area contributed by atoms with E-state index in [9.17, 15) is 4.79 Å². The second kappa shape index (κ2) is 4.23. The summed E-state index contributed by atoms with van der Waals surface area (Å²) in [5.41, 5.74) is 4.28. The van der Waals surface area contributed by atoms with Gasteiger partial charge in [-0.3, -0.25) is 4.79 Å². The van der Waals surface area contributed by atoms with Crippen LogP contribution in [0.2, 0.25) is 0 Å². The first kappa shape index (κ1) is 12.5. The highest BCUT2D eigenvalue weighted by molar-refractivity contribution is 6.17. The molecular weight excluding hydrogens is 284 g/mol. The van der Waals surface area contributed by atoms with Crippen molar-refractivity contribution in [3.63, 3.8) is 0 Å². The van der Waals surface area contributed by atoms with E-state index in [-0.39, 0.29) is 5.78 Å². The molecule has 0 saturated heterocycles. The molecule has 0 atom stereocenters. The molecule has 23 heavy (non-hydrogen) atoms. The van der Waals surface area contributed by atoms with E-state index in [1.165, 1.54) is 0 Å². The molecule has 0 radical (unpaired) electrons. The Kier molecular flexibility index (Phi) is 2.29. The van der Waals surface area contributed by atoms with Crippen molar-refractivity contribution in [3.8, 4) is 11.3 Å². The van der Waals surface area contributed by atoms with Crippen molar-refractivity contribution >= 4 is 33.1 Å². The number of Topliss-reactive ketones (excluding diaryl/α,β-unsaturated/α-hetero) is 1. The van der Waals surface area contributed by atoms with Crippen LogP contribution in [0.3, 0.4) is 0 Å². The summed E-state index contributed by atoms with van der Waals surface area (Å²) >= 11 is 0. The van der Waals surface area contributed by atoms with Crippen LogP contribution in [0.1, 0.15) is 17.3 Å². The van der Waals surface area contributed by atoms with Crippen LogP contribution in [0.5, 0.6) is 0 Å². The Morgan fingerprint density at radius 3 is 2.70 bits per heavy atom. The summed E-state index contributed by atoms with van der Waals surface area (Å²) in [5, 5.41) is 4.08. The summed E-state index contributed by atoms with van der Waals surface area (Å²) in [4.78, 5) is 21.7. The second-order valence-electron chi connectivity index (χ2n) is 5.86. The number of nitrogens with zero attached hydrogens (tertiary/aromatic N) is 2. The molecule has 3 aromatic carbocycles. The molecule has 2 heterocycles. The first-order valence-electron chi connectivity index (χ1n) is 7.58. The lowest BCUT2D eigenvalue weighted by Gasteiger charge is -2.09. The fraction of sp³-hybridized carbons (Fsp3) is 0.0500. The van der Waals surface area contributed by atoms with Gasteiger partial charge in [-0.1, -0.05) is 42.5 Å². The van der Waals surface area contributed by atoms with Crippen LogP contribution in [-0.2, 0) is 0 Å². The number of aromatic nitrogens is 1. The summed E-state index contributed by atoms with van der Waals surface area (Å²) in [5.74, 6) is 0.0349.